The maximum atomic E-state index is 13.2. The molecule has 0 bridgehead atoms. The van der Waals surface area contributed by atoms with Gasteiger partial charge in [-0.25, -0.2) is 9.78 Å². The molecule has 0 saturated carbocycles. The van der Waals surface area contributed by atoms with Gasteiger partial charge in [-0.05, 0) is 41.3 Å². The van der Waals surface area contributed by atoms with Crippen LogP contribution in [-0.2, 0) is 11.3 Å². The highest BCUT2D eigenvalue weighted by atomic mass is 16.5. The average molecular weight is 523 g/mol. The van der Waals surface area contributed by atoms with Crippen LogP contribution in [0.25, 0.3) is 16.6 Å². The molecule has 2 aromatic heterocycles. The molecule has 39 heavy (non-hydrogen) atoms. The second kappa shape index (κ2) is 10.9. The fraction of sp³-hybridized carbons (Fsp3) is 0.0714. The predicted molar refractivity (Wildman–Crippen MR) is 143 cm³/mol. The van der Waals surface area contributed by atoms with E-state index in [0.29, 0.717) is 27.8 Å². The number of methoxy groups -OCH3 is 1. The van der Waals surface area contributed by atoms with E-state index in [9.17, 15) is 19.8 Å². The largest absolute Gasteiger partial charge is 0.505 e. The number of fused-ring (bicyclic) bond motifs is 1. The lowest BCUT2D eigenvalue weighted by molar-refractivity contribution is 0.0601. The first kappa shape index (κ1) is 25.2. The first-order valence-corrected chi connectivity index (χ1v) is 11.8. The zero-order valence-corrected chi connectivity index (χ0v) is 20.6. The molecule has 0 saturated heterocycles. The highest BCUT2D eigenvalue weighted by molar-refractivity contribution is 6.11. The summed E-state index contributed by atoms with van der Waals surface area (Å²) in [5.74, 6) is -1.23. The number of aliphatic hydroxyl groups is 1. The first-order chi connectivity index (χ1) is 19.0. The number of esters is 1. The average Bonchev–Trinajstić information content (AvgIpc) is 3.40. The van der Waals surface area contributed by atoms with E-state index < -0.39 is 17.6 Å². The Kier molecular flexibility index (Phi) is 7.06. The molecule has 5 rings (SSSR count). The van der Waals surface area contributed by atoms with Gasteiger partial charge < -0.3 is 20.3 Å². The number of aromatic nitrogens is 3. The van der Waals surface area contributed by atoms with Gasteiger partial charge in [0.1, 0.15) is 11.3 Å². The predicted octanol–water partition coefficient (Wildman–Crippen LogP) is 5.07. The minimum absolute atomic E-state index is 0.0264. The Balaban J connectivity index is 1.59. The quantitative estimate of drug-likeness (QED) is 0.199. The van der Waals surface area contributed by atoms with Crippen molar-refractivity contribution in [3.63, 3.8) is 0 Å². The lowest BCUT2D eigenvalue weighted by Crippen LogP contribution is -2.12. The van der Waals surface area contributed by atoms with Crippen LogP contribution in [0, 0.1) is 0 Å². The number of pyridine rings is 1. The van der Waals surface area contributed by atoms with Crippen molar-refractivity contribution < 1.29 is 24.5 Å². The third-order valence-electron chi connectivity index (χ3n) is 5.89. The molecule has 194 valence electrons. The summed E-state index contributed by atoms with van der Waals surface area (Å²) in [6.45, 7) is -0.120. The lowest BCUT2D eigenvalue weighted by Gasteiger charge is -2.11. The fourth-order valence-corrected chi connectivity index (χ4v) is 3.92. The van der Waals surface area contributed by atoms with Gasteiger partial charge in [0.2, 0.25) is 0 Å². The van der Waals surface area contributed by atoms with E-state index in [4.69, 9.17) is 4.74 Å². The fourth-order valence-electron chi connectivity index (χ4n) is 3.92. The second-order valence-corrected chi connectivity index (χ2v) is 8.32. The number of nitrogens with zero attached hydrogens (tertiary/aromatic N) is 5. The molecule has 11 nitrogen and oxygen atoms in total. The first-order valence-electron chi connectivity index (χ1n) is 11.8. The number of phenols is 1. The minimum Gasteiger partial charge on any atom is -0.505 e. The summed E-state index contributed by atoms with van der Waals surface area (Å²) >= 11 is 0. The SMILES string of the molecule is COC(=O)c1cnn(-c2ccccn2)c1N=Nc1c(O)c(C(=O)Nc2ccc(CO)cc2)cc2ccccc12. The van der Waals surface area contributed by atoms with Crippen LogP contribution in [0.2, 0.25) is 0 Å². The molecule has 0 unspecified atom stereocenters. The number of carbonyl (C=O) groups is 2. The maximum absolute atomic E-state index is 13.2. The summed E-state index contributed by atoms with van der Waals surface area (Å²) < 4.78 is 6.18. The van der Waals surface area contributed by atoms with Crippen LogP contribution in [0.5, 0.6) is 5.75 Å². The van der Waals surface area contributed by atoms with Gasteiger partial charge >= 0.3 is 5.97 Å². The summed E-state index contributed by atoms with van der Waals surface area (Å²) in [4.78, 5) is 29.8. The molecule has 3 aromatic carbocycles. The Hall–Kier alpha value is -5.42. The van der Waals surface area contributed by atoms with Crippen LogP contribution >= 0.6 is 0 Å². The monoisotopic (exact) mass is 522 g/mol. The number of phenolic OH excluding ortho intramolecular Hbond substituents is 1. The number of aliphatic hydroxyl groups excluding tert-OH is 1. The van der Waals surface area contributed by atoms with E-state index in [1.54, 1.807) is 79.0 Å². The van der Waals surface area contributed by atoms with Crippen LogP contribution in [0.4, 0.5) is 17.2 Å². The molecule has 0 aliphatic heterocycles. The number of benzene rings is 3. The number of azo groups is 1. The van der Waals surface area contributed by atoms with Gasteiger partial charge in [0.15, 0.2) is 17.4 Å². The molecule has 2 heterocycles. The second-order valence-electron chi connectivity index (χ2n) is 8.32. The van der Waals surface area contributed by atoms with Crippen LogP contribution in [0.1, 0.15) is 26.3 Å². The highest BCUT2D eigenvalue weighted by Crippen LogP contribution is 2.40. The Morgan fingerprint density at radius 1 is 1.00 bits per heavy atom. The summed E-state index contributed by atoms with van der Waals surface area (Å²) in [6, 6.07) is 20.4. The van der Waals surface area contributed by atoms with Crippen molar-refractivity contribution in [2.24, 2.45) is 10.2 Å². The number of amides is 1. The Morgan fingerprint density at radius 2 is 1.77 bits per heavy atom. The molecule has 3 N–H and O–H groups in total. The molecule has 1 amide bonds. The molecular weight excluding hydrogens is 500 g/mol. The van der Waals surface area contributed by atoms with Crippen LogP contribution in [0.15, 0.2) is 95.4 Å². The van der Waals surface area contributed by atoms with E-state index in [1.807, 2.05) is 0 Å². The van der Waals surface area contributed by atoms with Crippen molar-refractivity contribution in [2.45, 2.75) is 6.61 Å². The van der Waals surface area contributed by atoms with Gasteiger partial charge in [0.05, 0.1) is 25.5 Å². The Bertz CT molecular complexity index is 1700. The molecule has 0 fully saturated rings. The topological polar surface area (TPSA) is 151 Å². The van der Waals surface area contributed by atoms with Crippen molar-refractivity contribution in [1.82, 2.24) is 14.8 Å². The van der Waals surface area contributed by atoms with Gasteiger partial charge in [-0.2, -0.15) is 9.78 Å². The van der Waals surface area contributed by atoms with E-state index >= 15 is 0 Å². The number of ether oxygens (including phenoxy) is 1. The number of nitrogens with one attached hydrogen (secondary N) is 1. The van der Waals surface area contributed by atoms with E-state index in [1.165, 1.54) is 18.0 Å². The standard InChI is InChI=1S/C28H22N6O5/c1-39-28(38)22-15-30-34(23-8-4-5-13-29-23)26(22)33-32-24-20-7-3-2-6-18(20)14-21(25(24)36)27(37)31-19-11-9-17(16-35)10-12-19/h2-15,35-36H,16H2,1H3,(H,31,37). The smallest absolute Gasteiger partial charge is 0.343 e. The van der Waals surface area contributed by atoms with Crippen molar-refractivity contribution in [2.75, 3.05) is 12.4 Å². The summed E-state index contributed by atoms with van der Waals surface area (Å²) in [5, 5.41) is 37.1. The maximum Gasteiger partial charge on any atom is 0.343 e. The van der Waals surface area contributed by atoms with Crippen molar-refractivity contribution in [3.05, 3.63) is 102 Å². The van der Waals surface area contributed by atoms with Crippen LogP contribution in [-0.4, -0.2) is 44.0 Å². The minimum atomic E-state index is -0.680. The van der Waals surface area contributed by atoms with Gasteiger partial charge in [0, 0.05) is 17.3 Å². The third-order valence-corrected chi connectivity index (χ3v) is 5.89. The van der Waals surface area contributed by atoms with Gasteiger partial charge in [0.25, 0.3) is 5.91 Å². The van der Waals surface area contributed by atoms with Gasteiger partial charge in [-0.3, -0.25) is 4.79 Å². The van der Waals surface area contributed by atoms with Gasteiger partial charge in [-0.1, -0.05) is 42.5 Å². The molecule has 0 atom stereocenters. The lowest BCUT2D eigenvalue weighted by atomic mass is 10.0. The zero-order valence-electron chi connectivity index (χ0n) is 20.6. The third kappa shape index (κ3) is 5.06. The summed E-state index contributed by atoms with van der Waals surface area (Å²) in [7, 11) is 1.24. The van der Waals surface area contributed by atoms with Crippen molar-refractivity contribution >= 4 is 39.8 Å². The molecule has 11 heteroatoms. The Morgan fingerprint density at radius 3 is 2.49 bits per heavy atom. The number of carbonyl (C=O) groups excluding carboxylic acids is 2. The van der Waals surface area contributed by atoms with Gasteiger partial charge in [-0.15, -0.1) is 10.2 Å². The summed E-state index contributed by atoms with van der Waals surface area (Å²) in [6.07, 6.45) is 2.85. The number of rotatable bonds is 7. The molecule has 0 aliphatic carbocycles. The van der Waals surface area contributed by atoms with E-state index in [2.05, 4.69) is 25.6 Å². The van der Waals surface area contributed by atoms with Crippen molar-refractivity contribution in [1.29, 1.82) is 0 Å². The summed E-state index contributed by atoms with van der Waals surface area (Å²) in [5.41, 5.74) is 1.21. The molecule has 0 radical (unpaired) electrons. The zero-order chi connectivity index (χ0) is 27.4. The Labute approximate surface area is 222 Å². The van der Waals surface area contributed by atoms with E-state index in [0.717, 1.165) is 0 Å². The normalized spacial score (nSPS) is 11.1. The molecule has 0 aliphatic rings. The van der Waals surface area contributed by atoms with Crippen molar-refractivity contribution in [3.8, 4) is 11.6 Å². The van der Waals surface area contributed by atoms with Crippen LogP contribution < -0.4 is 5.32 Å². The van der Waals surface area contributed by atoms with E-state index in [-0.39, 0.29) is 29.2 Å². The van der Waals surface area contributed by atoms with Crippen LogP contribution in [0.3, 0.4) is 0 Å². The molecular formula is C28H22N6O5. The number of aromatic hydroxyl groups is 1. The molecule has 5 aromatic rings. The number of hydrogen-bond acceptors (Lipinski definition) is 9. The number of hydrogen-bond donors (Lipinski definition) is 3. The highest BCUT2D eigenvalue weighted by Gasteiger charge is 2.22. The molecule has 0 spiro atoms. The number of anilines is 1.